The predicted molar refractivity (Wildman–Crippen MR) is 75.1 cm³/mol. The molecule has 6 nitrogen and oxygen atoms in total. The van der Waals surface area contributed by atoms with E-state index in [1.54, 1.807) is 12.1 Å². The van der Waals surface area contributed by atoms with Gasteiger partial charge in [0.15, 0.2) is 0 Å². The van der Waals surface area contributed by atoms with E-state index in [2.05, 4.69) is 14.9 Å². The van der Waals surface area contributed by atoms with E-state index >= 15 is 0 Å². The van der Waals surface area contributed by atoms with Gasteiger partial charge in [-0.1, -0.05) is 41.7 Å². The van der Waals surface area contributed by atoms with Crippen LogP contribution < -0.4 is 10.5 Å². The summed E-state index contributed by atoms with van der Waals surface area (Å²) in [6.07, 6.45) is 0.489. The highest BCUT2D eigenvalue weighted by molar-refractivity contribution is 7.88. The molecule has 0 aliphatic heterocycles. The fourth-order valence-electron chi connectivity index (χ4n) is 1.53. The number of rotatable bonds is 6. The second kappa shape index (κ2) is 6.09. The zero-order valence-electron chi connectivity index (χ0n) is 10.1. The maximum absolute atomic E-state index is 11.8. The smallest absolute Gasteiger partial charge is 0.215 e. The molecule has 0 saturated carbocycles. The molecule has 0 spiro atoms. The Bertz CT molecular complexity index is 625. The van der Waals surface area contributed by atoms with E-state index in [1.807, 2.05) is 18.2 Å². The van der Waals surface area contributed by atoms with Crippen LogP contribution in [0.2, 0.25) is 0 Å². The van der Waals surface area contributed by atoms with Crippen molar-refractivity contribution in [3.05, 3.63) is 40.9 Å². The standard InChI is InChI=1S/C11H14N4O2S2/c12-11-15-14-10(18-11)6-7-13-19(16,17)8-9-4-2-1-3-5-9/h1-5,13H,6-8H2,(H2,12,15). The highest BCUT2D eigenvalue weighted by Crippen LogP contribution is 2.11. The molecule has 3 N–H and O–H groups in total. The molecule has 1 aromatic heterocycles. The van der Waals surface area contributed by atoms with Gasteiger partial charge in [-0.15, -0.1) is 10.2 Å². The van der Waals surface area contributed by atoms with E-state index in [9.17, 15) is 8.42 Å². The zero-order valence-corrected chi connectivity index (χ0v) is 11.7. The Balaban J connectivity index is 1.84. The molecule has 102 valence electrons. The van der Waals surface area contributed by atoms with E-state index in [4.69, 9.17) is 5.73 Å². The van der Waals surface area contributed by atoms with E-state index < -0.39 is 10.0 Å². The summed E-state index contributed by atoms with van der Waals surface area (Å²) in [5.74, 6) is -0.0217. The van der Waals surface area contributed by atoms with Crippen LogP contribution in [0.25, 0.3) is 0 Å². The van der Waals surface area contributed by atoms with Crippen LogP contribution in [0.1, 0.15) is 10.6 Å². The van der Waals surface area contributed by atoms with E-state index in [0.717, 1.165) is 10.6 Å². The molecule has 0 bridgehead atoms. The number of nitrogens with zero attached hydrogens (tertiary/aromatic N) is 2. The first-order chi connectivity index (χ1) is 9.05. The number of anilines is 1. The molecule has 0 aliphatic rings. The SMILES string of the molecule is Nc1nnc(CCNS(=O)(=O)Cc2ccccc2)s1. The number of benzene rings is 1. The number of aromatic nitrogens is 2. The summed E-state index contributed by atoms with van der Waals surface area (Å²) in [4.78, 5) is 0. The Hall–Kier alpha value is -1.51. The molecule has 0 unspecified atom stereocenters. The van der Waals surface area contributed by atoms with Crippen molar-refractivity contribution in [3.8, 4) is 0 Å². The summed E-state index contributed by atoms with van der Waals surface area (Å²) in [7, 11) is -3.32. The topological polar surface area (TPSA) is 98.0 Å². The van der Waals surface area contributed by atoms with Gasteiger partial charge in [0.25, 0.3) is 0 Å². The summed E-state index contributed by atoms with van der Waals surface area (Å²) in [5.41, 5.74) is 6.20. The highest BCUT2D eigenvalue weighted by Gasteiger charge is 2.11. The molecule has 2 rings (SSSR count). The molecule has 8 heteroatoms. The van der Waals surface area contributed by atoms with Gasteiger partial charge in [0, 0.05) is 13.0 Å². The van der Waals surface area contributed by atoms with Gasteiger partial charge in [0.05, 0.1) is 5.75 Å². The van der Waals surface area contributed by atoms with Gasteiger partial charge in [-0.25, -0.2) is 13.1 Å². The quantitative estimate of drug-likeness (QED) is 0.821. The number of hydrogen-bond acceptors (Lipinski definition) is 6. The van der Waals surface area contributed by atoms with Crippen molar-refractivity contribution < 1.29 is 8.42 Å². The molecule has 0 radical (unpaired) electrons. The van der Waals surface area contributed by atoms with Gasteiger partial charge in [-0.2, -0.15) is 0 Å². The molecule has 0 aliphatic carbocycles. The van der Waals surface area contributed by atoms with Crippen molar-refractivity contribution >= 4 is 26.5 Å². The van der Waals surface area contributed by atoms with Gasteiger partial charge >= 0.3 is 0 Å². The van der Waals surface area contributed by atoms with Crippen molar-refractivity contribution in [3.63, 3.8) is 0 Å². The second-order valence-corrected chi connectivity index (χ2v) is 6.82. The van der Waals surface area contributed by atoms with Crippen molar-refractivity contribution in [2.75, 3.05) is 12.3 Å². The fraction of sp³-hybridized carbons (Fsp3) is 0.273. The molecule has 0 atom stereocenters. The number of sulfonamides is 1. The third-order valence-electron chi connectivity index (χ3n) is 2.34. The van der Waals surface area contributed by atoms with Crippen LogP contribution in [0, 0.1) is 0 Å². The Labute approximate surface area is 115 Å². The lowest BCUT2D eigenvalue weighted by Gasteiger charge is -2.05. The summed E-state index contributed by atoms with van der Waals surface area (Å²) in [5, 5.41) is 8.61. The number of hydrogen-bond donors (Lipinski definition) is 2. The molecule has 2 aromatic rings. The molecule has 0 fully saturated rings. The van der Waals surface area contributed by atoms with Gasteiger partial charge in [0.2, 0.25) is 15.2 Å². The lowest BCUT2D eigenvalue weighted by molar-refractivity contribution is 0.580. The lowest BCUT2D eigenvalue weighted by Crippen LogP contribution is -2.27. The van der Waals surface area contributed by atoms with E-state index in [0.29, 0.717) is 18.1 Å². The fourth-order valence-corrected chi connectivity index (χ4v) is 3.28. The normalized spacial score (nSPS) is 11.6. The molecule has 0 amide bonds. The number of nitrogens with one attached hydrogen (secondary N) is 1. The first-order valence-electron chi connectivity index (χ1n) is 5.64. The molecule has 1 heterocycles. The number of nitrogens with two attached hydrogens (primary N) is 1. The van der Waals surface area contributed by atoms with Crippen LogP contribution in [-0.4, -0.2) is 25.2 Å². The Kier molecular flexibility index (Phi) is 4.46. The van der Waals surface area contributed by atoms with Crippen LogP contribution in [0.3, 0.4) is 0 Å². The average molecular weight is 298 g/mol. The minimum atomic E-state index is -3.32. The van der Waals surface area contributed by atoms with Crippen LogP contribution in [-0.2, 0) is 22.2 Å². The van der Waals surface area contributed by atoms with E-state index in [-0.39, 0.29) is 5.75 Å². The summed E-state index contributed by atoms with van der Waals surface area (Å²) < 4.78 is 26.2. The highest BCUT2D eigenvalue weighted by atomic mass is 32.2. The first-order valence-corrected chi connectivity index (χ1v) is 8.11. The predicted octanol–water partition coefficient (Wildman–Crippen LogP) is 0.782. The van der Waals surface area contributed by atoms with Crippen molar-refractivity contribution in [1.29, 1.82) is 0 Å². The number of nitrogen functional groups attached to an aromatic ring is 1. The Morgan fingerprint density at radius 2 is 1.95 bits per heavy atom. The third-order valence-corrected chi connectivity index (χ3v) is 4.51. The first kappa shape index (κ1) is 13.9. The van der Waals surface area contributed by atoms with Crippen molar-refractivity contribution in [2.45, 2.75) is 12.2 Å². The third kappa shape index (κ3) is 4.58. The Morgan fingerprint density at radius 3 is 2.58 bits per heavy atom. The van der Waals surface area contributed by atoms with Crippen LogP contribution in [0.4, 0.5) is 5.13 Å². The van der Waals surface area contributed by atoms with Crippen molar-refractivity contribution in [1.82, 2.24) is 14.9 Å². The van der Waals surface area contributed by atoms with Crippen molar-refractivity contribution in [2.24, 2.45) is 0 Å². The molecule has 0 saturated heterocycles. The lowest BCUT2D eigenvalue weighted by atomic mass is 10.2. The van der Waals surface area contributed by atoms with Crippen LogP contribution in [0.15, 0.2) is 30.3 Å². The van der Waals surface area contributed by atoms with Crippen LogP contribution >= 0.6 is 11.3 Å². The van der Waals surface area contributed by atoms with Gasteiger partial charge in [0.1, 0.15) is 5.01 Å². The Morgan fingerprint density at radius 1 is 1.21 bits per heavy atom. The van der Waals surface area contributed by atoms with Crippen LogP contribution in [0.5, 0.6) is 0 Å². The minimum absolute atomic E-state index is 0.0217. The molecular formula is C11H14N4O2S2. The van der Waals surface area contributed by atoms with E-state index in [1.165, 1.54) is 11.3 Å². The molecular weight excluding hydrogens is 284 g/mol. The van der Waals surface area contributed by atoms with Gasteiger partial charge in [-0.05, 0) is 5.56 Å². The van der Waals surface area contributed by atoms with Gasteiger partial charge in [-0.3, -0.25) is 0 Å². The maximum atomic E-state index is 11.8. The second-order valence-electron chi connectivity index (χ2n) is 3.92. The average Bonchev–Trinajstić information content (AvgIpc) is 2.75. The summed E-state index contributed by atoms with van der Waals surface area (Å²) >= 11 is 1.26. The molecule has 19 heavy (non-hydrogen) atoms. The summed E-state index contributed by atoms with van der Waals surface area (Å²) in [6.45, 7) is 0.295. The largest absolute Gasteiger partial charge is 0.374 e. The maximum Gasteiger partial charge on any atom is 0.215 e. The van der Waals surface area contributed by atoms with Gasteiger partial charge < -0.3 is 5.73 Å². The zero-order chi connectivity index (χ0) is 13.7. The summed E-state index contributed by atoms with van der Waals surface area (Å²) in [6, 6.07) is 9.04. The monoisotopic (exact) mass is 298 g/mol. The molecule has 1 aromatic carbocycles. The minimum Gasteiger partial charge on any atom is -0.374 e.